The summed E-state index contributed by atoms with van der Waals surface area (Å²) in [5.41, 5.74) is -0.429. The van der Waals surface area contributed by atoms with Crippen molar-refractivity contribution in [1.29, 1.82) is 0 Å². The summed E-state index contributed by atoms with van der Waals surface area (Å²) < 4.78 is 22.4. The second kappa shape index (κ2) is 6.15. The van der Waals surface area contributed by atoms with Gasteiger partial charge in [-0.25, -0.2) is 8.42 Å². The maximum Gasteiger partial charge on any atom is 0.154 e. The minimum Gasteiger partial charge on any atom is -0.298 e. The highest BCUT2D eigenvalue weighted by Gasteiger charge is 2.39. The van der Waals surface area contributed by atoms with Gasteiger partial charge in [-0.05, 0) is 26.9 Å². The Morgan fingerprint density at radius 3 is 2.00 bits per heavy atom. The first-order valence-corrected chi connectivity index (χ1v) is 8.72. The smallest absolute Gasteiger partial charge is 0.154 e. The van der Waals surface area contributed by atoms with Gasteiger partial charge in [0.15, 0.2) is 5.78 Å². The maximum atomic E-state index is 12.5. The van der Waals surface area contributed by atoms with E-state index in [2.05, 4.69) is 0 Å². The lowest BCUT2D eigenvalue weighted by Crippen LogP contribution is -2.51. The Morgan fingerprint density at radius 2 is 1.61 bits per heavy atom. The Bertz CT molecular complexity index is 379. The maximum absolute atomic E-state index is 12.5. The third-order valence-electron chi connectivity index (χ3n) is 4.01. The summed E-state index contributed by atoms with van der Waals surface area (Å²) >= 11 is 0. The van der Waals surface area contributed by atoms with Crippen molar-refractivity contribution in [3.8, 4) is 0 Å². The second-order valence-corrected chi connectivity index (χ2v) is 7.90. The van der Waals surface area contributed by atoms with Gasteiger partial charge >= 0.3 is 0 Å². The lowest BCUT2D eigenvalue weighted by Gasteiger charge is -2.38. The van der Waals surface area contributed by atoms with Crippen LogP contribution >= 0.6 is 0 Å². The van der Waals surface area contributed by atoms with Gasteiger partial charge < -0.3 is 0 Å². The molecular weight excluding hydrogens is 250 g/mol. The predicted molar refractivity (Wildman–Crippen MR) is 73.5 cm³/mol. The topological polar surface area (TPSA) is 54.5 Å². The molecule has 0 saturated heterocycles. The van der Waals surface area contributed by atoms with E-state index < -0.39 is 15.4 Å². The summed E-state index contributed by atoms with van der Waals surface area (Å²) in [4.78, 5) is 14.5. The lowest BCUT2D eigenvalue weighted by atomic mass is 9.83. The van der Waals surface area contributed by atoms with Crippen LogP contribution in [0.25, 0.3) is 0 Å². The molecule has 1 aliphatic rings. The van der Waals surface area contributed by atoms with Crippen LogP contribution in [0, 0.1) is 0 Å². The normalized spacial score (nSPS) is 20.7. The Balaban J connectivity index is 2.80. The molecule has 0 aromatic rings. The third-order valence-corrected chi connectivity index (χ3v) is 4.95. The van der Waals surface area contributed by atoms with Crippen molar-refractivity contribution in [3.63, 3.8) is 0 Å². The van der Waals surface area contributed by atoms with E-state index in [4.69, 9.17) is 0 Å². The molecule has 0 amide bonds. The number of carbonyl (C=O) groups excluding carboxylic acids is 1. The van der Waals surface area contributed by atoms with Crippen LogP contribution in [0.3, 0.4) is 0 Å². The summed E-state index contributed by atoms with van der Waals surface area (Å²) in [7, 11) is 0.810. The van der Waals surface area contributed by atoms with E-state index >= 15 is 0 Å². The van der Waals surface area contributed by atoms with Crippen molar-refractivity contribution in [2.45, 2.75) is 50.5 Å². The summed E-state index contributed by atoms with van der Waals surface area (Å²) in [6.45, 7) is 0. The van der Waals surface area contributed by atoms with E-state index in [1.165, 1.54) is 19.1 Å². The molecular formula is C13H25NO3S. The third kappa shape index (κ3) is 4.05. The number of sulfone groups is 1. The Kier molecular flexibility index (Phi) is 5.34. The van der Waals surface area contributed by atoms with Crippen LogP contribution in [0.5, 0.6) is 0 Å². The molecule has 106 valence electrons. The van der Waals surface area contributed by atoms with E-state index in [0.717, 1.165) is 25.7 Å². The Hall–Kier alpha value is -0.420. The van der Waals surface area contributed by atoms with Crippen molar-refractivity contribution in [3.05, 3.63) is 0 Å². The minimum atomic E-state index is -3.06. The Labute approximate surface area is 111 Å². The SMILES string of the molecule is CN(C)C1(C(=O)CCS(C)(=O)=O)CCCCCC1. The number of likely N-dealkylation sites (N-methyl/N-ethyl adjacent to an activating group) is 1. The highest BCUT2D eigenvalue weighted by atomic mass is 32.2. The van der Waals surface area contributed by atoms with Crippen LogP contribution in [0.1, 0.15) is 44.9 Å². The largest absolute Gasteiger partial charge is 0.298 e. The zero-order chi connectivity index (χ0) is 13.8. The highest BCUT2D eigenvalue weighted by Crippen LogP contribution is 2.32. The summed E-state index contributed by atoms with van der Waals surface area (Å²) in [5, 5.41) is 0. The van der Waals surface area contributed by atoms with Gasteiger partial charge in [-0.2, -0.15) is 0 Å². The highest BCUT2D eigenvalue weighted by molar-refractivity contribution is 7.90. The molecule has 1 rings (SSSR count). The number of hydrogen-bond acceptors (Lipinski definition) is 4. The fourth-order valence-electron chi connectivity index (χ4n) is 2.80. The van der Waals surface area contributed by atoms with Gasteiger partial charge in [0.2, 0.25) is 0 Å². The molecule has 0 atom stereocenters. The van der Waals surface area contributed by atoms with Crippen LogP contribution in [0.2, 0.25) is 0 Å². The minimum absolute atomic E-state index is 0.0264. The molecule has 0 spiro atoms. The van der Waals surface area contributed by atoms with Crippen LogP contribution in [-0.4, -0.2) is 50.7 Å². The van der Waals surface area contributed by atoms with Gasteiger partial charge in [-0.3, -0.25) is 9.69 Å². The molecule has 0 aromatic carbocycles. The molecule has 0 bridgehead atoms. The number of Topliss-reactive ketones (excluding diaryl/α,β-unsaturated/α-hetero) is 1. The molecule has 18 heavy (non-hydrogen) atoms. The zero-order valence-corrected chi connectivity index (χ0v) is 12.6. The average molecular weight is 275 g/mol. The van der Waals surface area contributed by atoms with Crippen molar-refractivity contribution in [1.82, 2.24) is 4.90 Å². The standard InChI is InChI=1S/C13H25NO3S/c1-14(2)13(9-6-4-5-7-10-13)12(15)8-11-18(3,16)17/h4-11H2,1-3H3. The van der Waals surface area contributed by atoms with Crippen LogP contribution in [0.4, 0.5) is 0 Å². The van der Waals surface area contributed by atoms with Gasteiger partial charge in [-0.1, -0.05) is 25.7 Å². The van der Waals surface area contributed by atoms with E-state index in [1.54, 1.807) is 0 Å². The van der Waals surface area contributed by atoms with Crippen molar-refractivity contribution in [2.75, 3.05) is 26.1 Å². The van der Waals surface area contributed by atoms with Crippen molar-refractivity contribution >= 4 is 15.6 Å². The molecule has 0 heterocycles. The number of nitrogens with zero attached hydrogens (tertiary/aromatic N) is 1. The van der Waals surface area contributed by atoms with Gasteiger partial charge in [0.1, 0.15) is 9.84 Å². The monoisotopic (exact) mass is 275 g/mol. The number of hydrogen-bond donors (Lipinski definition) is 0. The van der Waals surface area contributed by atoms with Crippen LogP contribution in [-0.2, 0) is 14.6 Å². The van der Waals surface area contributed by atoms with E-state index in [0.29, 0.717) is 0 Å². The fraction of sp³-hybridized carbons (Fsp3) is 0.923. The quantitative estimate of drug-likeness (QED) is 0.716. The molecule has 0 aromatic heterocycles. The summed E-state index contributed by atoms with van der Waals surface area (Å²) in [6, 6.07) is 0. The first-order valence-electron chi connectivity index (χ1n) is 6.66. The molecule has 4 nitrogen and oxygen atoms in total. The first-order chi connectivity index (χ1) is 8.28. The molecule has 1 saturated carbocycles. The van der Waals surface area contributed by atoms with Gasteiger partial charge in [0.05, 0.1) is 11.3 Å². The fourth-order valence-corrected chi connectivity index (χ4v) is 3.36. The van der Waals surface area contributed by atoms with E-state index in [-0.39, 0.29) is 18.0 Å². The zero-order valence-electron chi connectivity index (χ0n) is 11.7. The van der Waals surface area contributed by atoms with E-state index in [1.807, 2.05) is 19.0 Å². The van der Waals surface area contributed by atoms with Gasteiger partial charge in [0, 0.05) is 12.7 Å². The number of carbonyl (C=O) groups is 1. The molecule has 0 unspecified atom stereocenters. The summed E-state index contributed by atoms with van der Waals surface area (Å²) in [6.07, 6.45) is 7.54. The van der Waals surface area contributed by atoms with Crippen LogP contribution < -0.4 is 0 Å². The van der Waals surface area contributed by atoms with Gasteiger partial charge in [0.25, 0.3) is 0 Å². The molecule has 0 N–H and O–H groups in total. The number of ketones is 1. The molecule has 1 fully saturated rings. The Morgan fingerprint density at radius 1 is 1.11 bits per heavy atom. The molecule has 0 aliphatic heterocycles. The molecule has 1 aliphatic carbocycles. The second-order valence-electron chi connectivity index (χ2n) is 5.64. The van der Waals surface area contributed by atoms with Crippen LogP contribution in [0.15, 0.2) is 0 Å². The van der Waals surface area contributed by atoms with Crippen molar-refractivity contribution < 1.29 is 13.2 Å². The predicted octanol–water partition coefficient (Wildman–Crippen LogP) is 1.64. The van der Waals surface area contributed by atoms with Crippen molar-refractivity contribution in [2.24, 2.45) is 0 Å². The average Bonchev–Trinajstić information content (AvgIpc) is 2.51. The van der Waals surface area contributed by atoms with Gasteiger partial charge in [-0.15, -0.1) is 0 Å². The molecule has 5 heteroatoms. The lowest BCUT2D eigenvalue weighted by molar-refractivity contribution is -0.130. The van der Waals surface area contributed by atoms with E-state index in [9.17, 15) is 13.2 Å². The summed E-state index contributed by atoms with van der Waals surface area (Å²) in [5.74, 6) is 0.0707. The number of rotatable bonds is 5. The molecule has 0 radical (unpaired) electrons. The first kappa shape index (κ1) is 15.6.